The highest BCUT2D eigenvalue weighted by molar-refractivity contribution is 6.51. The summed E-state index contributed by atoms with van der Waals surface area (Å²) in [7, 11) is 0. The Morgan fingerprint density at radius 1 is 1.29 bits per heavy atom. The maximum atomic E-state index is 11.9. The van der Waals surface area contributed by atoms with Crippen LogP contribution < -0.4 is 0 Å². The van der Waals surface area contributed by atoms with Gasteiger partial charge in [-0.3, -0.25) is 9.59 Å². The maximum Gasteiger partial charge on any atom is 0.231 e. The molecule has 0 heterocycles. The molecule has 1 aromatic carbocycles. The number of nitriles is 2. The highest BCUT2D eigenvalue weighted by atomic mass is 16.2. The highest BCUT2D eigenvalue weighted by Crippen LogP contribution is 2.38. The van der Waals surface area contributed by atoms with Crippen molar-refractivity contribution in [1.82, 2.24) is 0 Å². The van der Waals surface area contributed by atoms with Crippen molar-refractivity contribution < 1.29 is 9.59 Å². The van der Waals surface area contributed by atoms with Crippen LogP contribution in [0, 0.1) is 22.7 Å². The molecular weight excluding hydrogens is 216 g/mol. The molecule has 0 N–H and O–H groups in total. The van der Waals surface area contributed by atoms with Crippen molar-refractivity contribution in [2.75, 3.05) is 0 Å². The minimum atomic E-state index is -1.71. The van der Waals surface area contributed by atoms with Gasteiger partial charge in [0, 0.05) is 11.1 Å². The fourth-order valence-electron chi connectivity index (χ4n) is 2.02. The van der Waals surface area contributed by atoms with Gasteiger partial charge in [0.25, 0.3) is 0 Å². The van der Waals surface area contributed by atoms with E-state index >= 15 is 0 Å². The Labute approximate surface area is 97.4 Å². The topological polar surface area (TPSA) is 81.7 Å². The van der Waals surface area contributed by atoms with Crippen LogP contribution in [0.3, 0.4) is 0 Å². The average molecular weight is 222 g/mol. The first-order valence-corrected chi connectivity index (χ1v) is 4.80. The minimum Gasteiger partial charge on any atom is -0.288 e. The van der Waals surface area contributed by atoms with Crippen LogP contribution in [0.2, 0.25) is 0 Å². The molecule has 0 bridgehead atoms. The predicted octanol–water partition coefficient (Wildman–Crippen LogP) is 1.27. The number of nitrogens with zero attached hydrogens (tertiary/aromatic N) is 2. The van der Waals surface area contributed by atoms with Gasteiger partial charge in [-0.1, -0.05) is 18.2 Å². The van der Waals surface area contributed by atoms with Crippen LogP contribution >= 0.6 is 0 Å². The van der Waals surface area contributed by atoms with E-state index < -0.39 is 17.0 Å². The number of carbonyl (C=O) groups is 2. The van der Waals surface area contributed by atoms with Crippen molar-refractivity contribution in [3.05, 3.63) is 47.5 Å². The Balaban J connectivity index is 2.95. The van der Waals surface area contributed by atoms with Gasteiger partial charge in [0.2, 0.25) is 11.6 Å². The SMILES string of the molecule is C=CC1(C#N)C(=O)C(=O)c2cccc(C#N)c21. The van der Waals surface area contributed by atoms with Gasteiger partial charge >= 0.3 is 0 Å². The molecule has 1 aliphatic rings. The number of ketones is 2. The van der Waals surface area contributed by atoms with Gasteiger partial charge in [0.1, 0.15) is 0 Å². The molecule has 17 heavy (non-hydrogen) atoms. The third-order valence-electron chi connectivity index (χ3n) is 2.87. The molecular formula is C13H6N2O2. The predicted molar refractivity (Wildman–Crippen MR) is 58.0 cm³/mol. The van der Waals surface area contributed by atoms with E-state index in [1.54, 1.807) is 6.07 Å². The van der Waals surface area contributed by atoms with E-state index in [4.69, 9.17) is 10.5 Å². The average Bonchev–Trinajstić information content (AvgIpc) is 2.60. The molecule has 0 spiro atoms. The van der Waals surface area contributed by atoms with E-state index in [0.29, 0.717) is 0 Å². The number of fused-ring (bicyclic) bond motifs is 1. The normalized spacial score (nSPS) is 21.5. The summed E-state index contributed by atoms with van der Waals surface area (Å²) < 4.78 is 0. The molecule has 2 rings (SSSR count). The molecule has 4 heteroatoms. The standard InChI is InChI=1S/C13H6N2O2/c1-2-13(7-15)10-8(6-14)4-3-5-9(10)11(16)12(13)17/h2-5H,1H2. The monoisotopic (exact) mass is 222 g/mol. The second-order valence-corrected chi connectivity index (χ2v) is 3.62. The van der Waals surface area contributed by atoms with Crippen molar-refractivity contribution in [2.24, 2.45) is 0 Å². The molecule has 80 valence electrons. The van der Waals surface area contributed by atoms with Crippen LogP contribution in [-0.2, 0) is 10.2 Å². The molecule has 0 aliphatic heterocycles. The summed E-state index contributed by atoms with van der Waals surface area (Å²) in [6.45, 7) is 3.44. The Morgan fingerprint density at radius 2 is 2.00 bits per heavy atom. The van der Waals surface area contributed by atoms with Gasteiger partial charge in [-0.25, -0.2) is 0 Å². The zero-order chi connectivity index (χ0) is 12.6. The molecule has 0 saturated heterocycles. The zero-order valence-electron chi connectivity index (χ0n) is 8.73. The molecule has 0 fully saturated rings. The lowest BCUT2D eigenvalue weighted by Crippen LogP contribution is -2.30. The second kappa shape index (κ2) is 3.40. The third-order valence-corrected chi connectivity index (χ3v) is 2.87. The van der Waals surface area contributed by atoms with Crippen molar-refractivity contribution >= 4 is 11.6 Å². The summed E-state index contributed by atoms with van der Waals surface area (Å²) in [6.07, 6.45) is 1.12. The van der Waals surface area contributed by atoms with E-state index in [9.17, 15) is 9.59 Å². The lowest BCUT2D eigenvalue weighted by atomic mass is 9.80. The summed E-state index contributed by atoms with van der Waals surface area (Å²) in [5.41, 5.74) is -1.27. The number of carbonyl (C=O) groups excluding carboxylic acids is 2. The summed E-state index contributed by atoms with van der Waals surface area (Å²) in [6, 6.07) is 8.12. The smallest absolute Gasteiger partial charge is 0.231 e. The molecule has 1 aliphatic carbocycles. The summed E-state index contributed by atoms with van der Waals surface area (Å²) in [5.74, 6) is -1.58. The van der Waals surface area contributed by atoms with E-state index in [1.165, 1.54) is 18.2 Å². The summed E-state index contributed by atoms with van der Waals surface area (Å²) in [5, 5.41) is 18.1. The maximum absolute atomic E-state index is 11.9. The molecule has 1 unspecified atom stereocenters. The first-order chi connectivity index (χ1) is 8.12. The van der Waals surface area contributed by atoms with Crippen LogP contribution in [0.25, 0.3) is 0 Å². The Morgan fingerprint density at radius 3 is 2.53 bits per heavy atom. The first kappa shape index (κ1) is 10.8. The number of hydrogen-bond acceptors (Lipinski definition) is 4. The molecule has 1 aromatic rings. The van der Waals surface area contributed by atoms with Crippen molar-refractivity contribution in [1.29, 1.82) is 10.5 Å². The Bertz CT molecular complexity index is 646. The molecule has 0 radical (unpaired) electrons. The summed E-state index contributed by atoms with van der Waals surface area (Å²) in [4.78, 5) is 23.6. The number of benzene rings is 1. The van der Waals surface area contributed by atoms with E-state index in [0.717, 1.165) is 6.08 Å². The van der Waals surface area contributed by atoms with Gasteiger partial charge in [0.05, 0.1) is 17.7 Å². The molecule has 0 aromatic heterocycles. The van der Waals surface area contributed by atoms with Crippen LogP contribution in [0.4, 0.5) is 0 Å². The quantitative estimate of drug-likeness (QED) is 0.529. The highest BCUT2D eigenvalue weighted by Gasteiger charge is 2.51. The third kappa shape index (κ3) is 1.10. The van der Waals surface area contributed by atoms with Crippen LogP contribution in [0.15, 0.2) is 30.9 Å². The van der Waals surface area contributed by atoms with E-state index in [1.807, 2.05) is 6.07 Å². The number of hydrogen-bond donors (Lipinski definition) is 0. The lowest BCUT2D eigenvalue weighted by molar-refractivity contribution is -0.116. The molecule has 4 nitrogen and oxygen atoms in total. The molecule has 1 atom stereocenters. The van der Waals surface area contributed by atoms with Crippen LogP contribution in [0.1, 0.15) is 21.5 Å². The van der Waals surface area contributed by atoms with Gasteiger partial charge in [-0.15, -0.1) is 6.58 Å². The van der Waals surface area contributed by atoms with Gasteiger partial charge in [-0.05, 0) is 6.07 Å². The summed E-state index contributed by atoms with van der Waals surface area (Å²) >= 11 is 0. The molecule has 0 saturated carbocycles. The fraction of sp³-hybridized carbons (Fsp3) is 0.0769. The van der Waals surface area contributed by atoms with E-state index in [2.05, 4.69) is 6.58 Å². The van der Waals surface area contributed by atoms with Gasteiger partial charge < -0.3 is 0 Å². The Kier molecular flexibility index (Phi) is 2.16. The van der Waals surface area contributed by atoms with Crippen LogP contribution in [-0.4, -0.2) is 11.6 Å². The minimum absolute atomic E-state index is 0.121. The number of Topliss-reactive ketones (excluding diaryl/α,β-unsaturated/α-hetero) is 2. The van der Waals surface area contributed by atoms with Crippen LogP contribution in [0.5, 0.6) is 0 Å². The van der Waals surface area contributed by atoms with Crippen molar-refractivity contribution in [2.45, 2.75) is 5.41 Å². The molecule has 0 amide bonds. The lowest BCUT2D eigenvalue weighted by Gasteiger charge is -2.14. The second-order valence-electron chi connectivity index (χ2n) is 3.62. The number of rotatable bonds is 1. The Hall–Kier alpha value is -2.72. The largest absolute Gasteiger partial charge is 0.288 e. The fourth-order valence-corrected chi connectivity index (χ4v) is 2.02. The first-order valence-electron chi connectivity index (χ1n) is 4.80. The van der Waals surface area contributed by atoms with E-state index in [-0.39, 0.29) is 16.7 Å². The van der Waals surface area contributed by atoms with Crippen molar-refractivity contribution in [3.63, 3.8) is 0 Å². The van der Waals surface area contributed by atoms with Gasteiger partial charge in [-0.2, -0.15) is 10.5 Å². The van der Waals surface area contributed by atoms with Crippen molar-refractivity contribution in [3.8, 4) is 12.1 Å². The number of allylic oxidation sites excluding steroid dienone is 1. The van der Waals surface area contributed by atoms with Gasteiger partial charge in [0.15, 0.2) is 5.41 Å². The zero-order valence-corrected chi connectivity index (χ0v) is 8.73.